The Hall–Kier alpha value is -1.35. The van der Waals surface area contributed by atoms with E-state index in [1.54, 1.807) is 10.9 Å². The first kappa shape index (κ1) is 8.26. The quantitative estimate of drug-likeness (QED) is 0.685. The molecule has 0 aliphatic carbocycles. The fraction of sp³-hybridized carbons (Fsp3) is 0.111. The van der Waals surface area contributed by atoms with E-state index < -0.39 is 0 Å². The Morgan fingerprint density at radius 1 is 1.23 bits per heavy atom. The van der Waals surface area contributed by atoms with Gasteiger partial charge in [-0.2, -0.15) is 0 Å². The molecule has 0 saturated carbocycles. The average Bonchev–Trinajstić information content (AvgIpc) is 2.67. The molecule has 1 heterocycles. The van der Waals surface area contributed by atoms with Crippen LogP contribution < -0.4 is 0 Å². The molecule has 0 N–H and O–H groups in total. The topological polar surface area (TPSA) is 30.7 Å². The summed E-state index contributed by atoms with van der Waals surface area (Å²) >= 11 is 5.71. The summed E-state index contributed by atoms with van der Waals surface area (Å²) in [5, 5.41) is 7.78. The molecule has 0 bridgehead atoms. The predicted octanol–water partition coefficient (Wildman–Crippen LogP) is 2.14. The van der Waals surface area contributed by atoms with Gasteiger partial charge in [-0.1, -0.05) is 30.3 Å². The number of aromatic nitrogens is 3. The van der Waals surface area contributed by atoms with Gasteiger partial charge in [0.1, 0.15) is 12.3 Å². The molecule has 0 fully saturated rings. The van der Waals surface area contributed by atoms with E-state index in [0.717, 1.165) is 11.4 Å². The molecule has 0 aliphatic heterocycles. The van der Waals surface area contributed by atoms with Gasteiger partial charge in [0.05, 0.1) is 0 Å². The summed E-state index contributed by atoms with van der Waals surface area (Å²) in [4.78, 5) is 0. The summed E-state index contributed by atoms with van der Waals surface area (Å²) in [6, 6.07) is 10.2. The predicted molar refractivity (Wildman–Crippen MR) is 51.3 cm³/mol. The lowest BCUT2D eigenvalue weighted by Gasteiger charge is -2.00. The Morgan fingerprint density at radius 2 is 2.00 bits per heavy atom. The van der Waals surface area contributed by atoms with Crippen molar-refractivity contribution in [1.82, 2.24) is 14.8 Å². The molecule has 2 rings (SSSR count). The molecule has 3 nitrogen and oxygen atoms in total. The number of hydrogen-bond acceptors (Lipinski definition) is 2. The minimum absolute atomic E-state index is 0.372. The first-order chi connectivity index (χ1) is 6.42. The van der Waals surface area contributed by atoms with Gasteiger partial charge in [0, 0.05) is 5.56 Å². The molecule has 1 aromatic heterocycles. The number of alkyl halides is 1. The van der Waals surface area contributed by atoms with E-state index in [0.29, 0.717) is 6.00 Å². The van der Waals surface area contributed by atoms with E-state index in [1.807, 2.05) is 30.3 Å². The SMILES string of the molecule is ClCn1cnnc1-c1ccccc1. The highest BCUT2D eigenvalue weighted by atomic mass is 35.5. The molecular formula is C9H8ClN3. The summed E-state index contributed by atoms with van der Waals surface area (Å²) in [6.07, 6.45) is 1.62. The second kappa shape index (κ2) is 3.58. The fourth-order valence-corrected chi connectivity index (χ4v) is 1.33. The van der Waals surface area contributed by atoms with Crippen molar-refractivity contribution in [2.24, 2.45) is 0 Å². The van der Waals surface area contributed by atoms with Gasteiger partial charge in [-0.3, -0.25) is 4.57 Å². The molecule has 0 saturated heterocycles. The van der Waals surface area contributed by atoms with E-state index in [1.165, 1.54) is 0 Å². The molecular weight excluding hydrogens is 186 g/mol. The van der Waals surface area contributed by atoms with Crippen LogP contribution in [0.4, 0.5) is 0 Å². The van der Waals surface area contributed by atoms with Gasteiger partial charge >= 0.3 is 0 Å². The van der Waals surface area contributed by atoms with Crippen LogP contribution in [0.2, 0.25) is 0 Å². The van der Waals surface area contributed by atoms with Crippen LogP contribution in [0.15, 0.2) is 36.7 Å². The number of nitrogens with zero attached hydrogens (tertiary/aromatic N) is 3. The highest BCUT2D eigenvalue weighted by molar-refractivity contribution is 6.15. The summed E-state index contributed by atoms with van der Waals surface area (Å²) in [5.74, 6) is 0.801. The van der Waals surface area contributed by atoms with Gasteiger partial charge in [0.2, 0.25) is 0 Å². The molecule has 0 aliphatic rings. The third kappa shape index (κ3) is 1.55. The zero-order chi connectivity index (χ0) is 9.10. The molecule has 66 valence electrons. The van der Waals surface area contributed by atoms with Crippen molar-refractivity contribution >= 4 is 11.6 Å². The molecule has 0 unspecified atom stereocenters. The first-order valence-corrected chi connectivity index (χ1v) is 4.44. The molecule has 0 spiro atoms. The first-order valence-electron chi connectivity index (χ1n) is 3.91. The standard InChI is InChI=1S/C9H8ClN3/c10-6-13-7-11-12-9(13)8-4-2-1-3-5-8/h1-5,7H,6H2. The normalized spacial score (nSPS) is 10.2. The zero-order valence-electron chi connectivity index (χ0n) is 6.89. The van der Waals surface area contributed by atoms with Crippen LogP contribution in [-0.2, 0) is 6.00 Å². The summed E-state index contributed by atoms with van der Waals surface area (Å²) in [6.45, 7) is 0. The van der Waals surface area contributed by atoms with Crippen molar-refractivity contribution < 1.29 is 0 Å². The lowest BCUT2D eigenvalue weighted by molar-refractivity contribution is 0.887. The van der Waals surface area contributed by atoms with Crippen molar-refractivity contribution in [3.8, 4) is 11.4 Å². The van der Waals surface area contributed by atoms with Gasteiger partial charge in [-0.25, -0.2) is 0 Å². The Balaban J connectivity index is 2.47. The van der Waals surface area contributed by atoms with E-state index in [2.05, 4.69) is 10.2 Å². The molecule has 0 atom stereocenters. The van der Waals surface area contributed by atoms with Gasteiger partial charge in [0.25, 0.3) is 0 Å². The maximum atomic E-state index is 5.71. The maximum Gasteiger partial charge on any atom is 0.164 e. The van der Waals surface area contributed by atoms with Crippen LogP contribution in [0.3, 0.4) is 0 Å². The Morgan fingerprint density at radius 3 is 2.69 bits per heavy atom. The minimum atomic E-state index is 0.372. The van der Waals surface area contributed by atoms with Crippen molar-refractivity contribution in [3.05, 3.63) is 36.7 Å². The molecule has 0 radical (unpaired) electrons. The maximum absolute atomic E-state index is 5.71. The summed E-state index contributed by atoms with van der Waals surface area (Å²) < 4.78 is 1.79. The number of benzene rings is 1. The van der Waals surface area contributed by atoms with Crippen LogP contribution >= 0.6 is 11.6 Å². The van der Waals surface area contributed by atoms with Crippen molar-refractivity contribution in [3.63, 3.8) is 0 Å². The second-order valence-corrected chi connectivity index (χ2v) is 2.85. The van der Waals surface area contributed by atoms with Gasteiger partial charge in [-0.05, 0) is 0 Å². The number of halogens is 1. The summed E-state index contributed by atoms with van der Waals surface area (Å²) in [5.41, 5.74) is 1.03. The molecule has 4 heteroatoms. The lowest BCUT2D eigenvalue weighted by atomic mass is 10.2. The zero-order valence-corrected chi connectivity index (χ0v) is 7.65. The second-order valence-electron chi connectivity index (χ2n) is 2.61. The Bertz CT molecular complexity index is 383. The third-order valence-electron chi connectivity index (χ3n) is 1.78. The van der Waals surface area contributed by atoms with Gasteiger partial charge in [-0.15, -0.1) is 21.8 Å². The van der Waals surface area contributed by atoms with Crippen LogP contribution in [0.25, 0.3) is 11.4 Å². The van der Waals surface area contributed by atoms with Gasteiger partial charge in [0.15, 0.2) is 5.82 Å². The van der Waals surface area contributed by atoms with Crippen LogP contribution in [0.1, 0.15) is 0 Å². The smallest absolute Gasteiger partial charge is 0.164 e. The highest BCUT2D eigenvalue weighted by Gasteiger charge is 2.04. The molecule has 1 aromatic carbocycles. The average molecular weight is 194 g/mol. The fourth-order valence-electron chi connectivity index (χ4n) is 1.15. The Kier molecular flexibility index (Phi) is 2.27. The summed E-state index contributed by atoms with van der Waals surface area (Å²) in [7, 11) is 0. The van der Waals surface area contributed by atoms with Crippen molar-refractivity contribution in [2.75, 3.05) is 0 Å². The lowest BCUT2D eigenvalue weighted by Crippen LogP contribution is -1.93. The van der Waals surface area contributed by atoms with E-state index >= 15 is 0 Å². The van der Waals surface area contributed by atoms with E-state index in [-0.39, 0.29) is 0 Å². The van der Waals surface area contributed by atoms with E-state index in [4.69, 9.17) is 11.6 Å². The molecule has 0 amide bonds. The Labute approximate surface area is 81.0 Å². The van der Waals surface area contributed by atoms with Crippen LogP contribution in [-0.4, -0.2) is 14.8 Å². The minimum Gasteiger partial charge on any atom is -0.299 e. The number of hydrogen-bond donors (Lipinski definition) is 0. The third-order valence-corrected chi connectivity index (χ3v) is 2.03. The van der Waals surface area contributed by atoms with Crippen molar-refractivity contribution in [2.45, 2.75) is 6.00 Å². The molecule has 13 heavy (non-hydrogen) atoms. The van der Waals surface area contributed by atoms with E-state index in [9.17, 15) is 0 Å². The largest absolute Gasteiger partial charge is 0.299 e. The number of rotatable bonds is 2. The van der Waals surface area contributed by atoms with Gasteiger partial charge < -0.3 is 0 Å². The van der Waals surface area contributed by atoms with Crippen LogP contribution in [0, 0.1) is 0 Å². The van der Waals surface area contributed by atoms with Crippen molar-refractivity contribution in [1.29, 1.82) is 0 Å². The van der Waals surface area contributed by atoms with Crippen LogP contribution in [0.5, 0.6) is 0 Å². The monoisotopic (exact) mass is 193 g/mol. The molecule has 2 aromatic rings. The highest BCUT2D eigenvalue weighted by Crippen LogP contribution is 2.15.